The fourth-order valence-corrected chi connectivity index (χ4v) is 4.87. The Morgan fingerprint density at radius 3 is 1.78 bits per heavy atom. The van der Waals surface area contributed by atoms with Gasteiger partial charge in [0.15, 0.2) is 0 Å². The Hall–Kier alpha value is -0.720. The molecule has 2 aliphatic rings. The monoisotopic (exact) mass is 315 g/mol. The molecule has 23 heavy (non-hydrogen) atoms. The van der Waals surface area contributed by atoms with Gasteiger partial charge in [0.2, 0.25) is 0 Å². The summed E-state index contributed by atoms with van der Waals surface area (Å²) in [5.74, 6) is 0.852. The molecule has 0 fully saturated rings. The molecule has 1 N–H and O–H groups in total. The van der Waals surface area contributed by atoms with Gasteiger partial charge in [0.1, 0.15) is 0 Å². The van der Waals surface area contributed by atoms with Crippen molar-refractivity contribution in [3.05, 3.63) is 23.0 Å². The van der Waals surface area contributed by atoms with Crippen LogP contribution in [0.2, 0.25) is 0 Å². The first-order valence-corrected chi connectivity index (χ1v) is 10.6. The topological polar surface area (TPSA) is 15.8 Å². The van der Waals surface area contributed by atoms with Crippen LogP contribution in [0.25, 0.3) is 0 Å². The summed E-state index contributed by atoms with van der Waals surface area (Å²) in [6.45, 7) is 0. The number of nitrogens with one attached hydrogen (secondary N) is 1. The van der Waals surface area contributed by atoms with Gasteiger partial charge < -0.3 is 4.98 Å². The van der Waals surface area contributed by atoms with Gasteiger partial charge in [-0.05, 0) is 55.6 Å². The van der Waals surface area contributed by atoms with E-state index in [1.807, 2.05) is 0 Å². The van der Waals surface area contributed by atoms with Crippen molar-refractivity contribution < 1.29 is 0 Å². The Kier molecular flexibility index (Phi) is 7.10. The quantitative estimate of drug-likeness (QED) is 0.527. The number of aromatic nitrogens is 1. The third-order valence-electron chi connectivity index (χ3n) is 6.23. The van der Waals surface area contributed by atoms with Crippen molar-refractivity contribution in [2.75, 3.05) is 0 Å². The zero-order chi connectivity index (χ0) is 15.7. The number of rotatable bonds is 0. The van der Waals surface area contributed by atoms with Crippen LogP contribution in [0, 0.1) is 0 Å². The lowest BCUT2D eigenvalue weighted by Crippen LogP contribution is -2.07. The predicted molar refractivity (Wildman–Crippen MR) is 100 cm³/mol. The normalized spacial score (nSPS) is 25.5. The maximum atomic E-state index is 3.70. The van der Waals surface area contributed by atoms with Gasteiger partial charge in [0.25, 0.3) is 0 Å². The first kappa shape index (κ1) is 17.1. The maximum Gasteiger partial charge on any atom is 0.0185 e. The van der Waals surface area contributed by atoms with E-state index in [-0.39, 0.29) is 0 Å². The van der Waals surface area contributed by atoms with Gasteiger partial charge in [0.05, 0.1) is 0 Å². The van der Waals surface area contributed by atoms with Crippen molar-refractivity contribution in [2.45, 2.75) is 115 Å². The second kappa shape index (κ2) is 9.55. The number of aromatic amines is 1. The third kappa shape index (κ3) is 5.13. The molecule has 2 aliphatic carbocycles. The smallest absolute Gasteiger partial charge is 0.0185 e. The zero-order valence-corrected chi connectivity index (χ0v) is 15.2. The van der Waals surface area contributed by atoms with Gasteiger partial charge in [-0.1, -0.05) is 70.6 Å². The van der Waals surface area contributed by atoms with Gasteiger partial charge in [-0.3, -0.25) is 0 Å². The fourth-order valence-electron chi connectivity index (χ4n) is 4.87. The third-order valence-corrected chi connectivity index (χ3v) is 6.23. The average molecular weight is 316 g/mol. The van der Waals surface area contributed by atoms with Crippen LogP contribution in [0.1, 0.15) is 119 Å². The fraction of sp³-hybridized carbons (Fsp3) is 0.818. The predicted octanol–water partition coefficient (Wildman–Crippen LogP) is 7.06. The van der Waals surface area contributed by atoms with Crippen LogP contribution in [0.5, 0.6) is 0 Å². The second-order valence-corrected chi connectivity index (χ2v) is 8.08. The van der Waals surface area contributed by atoms with E-state index in [0.29, 0.717) is 0 Å². The molecule has 1 atom stereocenters. The molecule has 1 heteroatoms. The Morgan fingerprint density at radius 2 is 1.13 bits per heavy atom. The Labute approximate surface area is 143 Å². The van der Waals surface area contributed by atoms with Gasteiger partial charge in [-0.25, -0.2) is 0 Å². The van der Waals surface area contributed by atoms with E-state index < -0.39 is 0 Å². The van der Waals surface area contributed by atoms with Crippen molar-refractivity contribution in [2.24, 2.45) is 0 Å². The SMILES string of the molecule is c1[nH]c2c3c1CCCCCCCCCCC3CCCCCCC2. The molecule has 0 amide bonds. The molecule has 0 saturated heterocycles. The van der Waals surface area contributed by atoms with Gasteiger partial charge in [-0.15, -0.1) is 0 Å². The molecule has 1 nitrogen and oxygen atoms in total. The highest BCUT2D eigenvalue weighted by Crippen LogP contribution is 2.36. The molecule has 3 rings (SSSR count). The lowest BCUT2D eigenvalue weighted by Gasteiger charge is -2.21. The molecule has 0 saturated carbocycles. The van der Waals surface area contributed by atoms with E-state index in [4.69, 9.17) is 0 Å². The van der Waals surface area contributed by atoms with Crippen LogP contribution in [0.3, 0.4) is 0 Å². The molecular weight excluding hydrogens is 278 g/mol. The summed E-state index contributed by atoms with van der Waals surface area (Å²) in [5.41, 5.74) is 5.08. The van der Waals surface area contributed by atoms with Crippen LogP contribution in [-0.2, 0) is 12.8 Å². The van der Waals surface area contributed by atoms with Crippen molar-refractivity contribution >= 4 is 0 Å². The molecule has 0 aliphatic heterocycles. The van der Waals surface area contributed by atoms with Crippen LogP contribution in [0.15, 0.2) is 6.20 Å². The number of aryl methyl sites for hydroxylation is 2. The van der Waals surface area contributed by atoms with Crippen molar-refractivity contribution in [3.8, 4) is 0 Å². The molecule has 1 aromatic heterocycles. The molecule has 130 valence electrons. The van der Waals surface area contributed by atoms with Crippen LogP contribution < -0.4 is 0 Å². The Bertz CT molecular complexity index is 445. The number of hydrogen-bond acceptors (Lipinski definition) is 0. The van der Waals surface area contributed by atoms with Gasteiger partial charge in [0, 0.05) is 11.9 Å². The lowest BCUT2D eigenvalue weighted by molar-refractivity contribution is 0.476. The van der Waals surface area contributed by atoms with Gasteiger partial charge in [-0.2, -0.15) is 0 Å². The molecule has 1 heterocycles. The largest absolute Gasteiger partial charge is 0.364 e. The summed E-state index contributed by atoms with van der Waals surface area (Å²) >= 11 is 0. The Balaban J connectivity index is 1.79. The van der Waals surface area contributed by atoms with Crippen molar-refractivity contribution in [3.63, 3.8) is 0 Å². The van der Waals surface area contributed by atoms with E-state index in [1.54, 1.807) is 16.8 Å². The minimum atomic E-state index is 0.852. The summed E-state index contributed by atoms with van der Waals surface area (Å²) in [5, 5.41) is 0. The first-order chi connectivity index (χ1) is 11.4. The van der Waals surface area contributed by atoms with E-state index in [9.17, 15) is 0 Å². The maximum absolute atomic E-state index is 3.70. The van der Waals surface area contributed by atoms with Crippen molar-refractivity contribution in [1.29, 1.82) is 0 Å². The summed E-state index contributed by atoms with van der Waals surface area (Å²) in [4.78, 5) is 3.70. The zero-order valence-electron chi connectivity index (χ0n) is 15.2. The highest BCUT2D eigenvalue weighted by Gasteiger charge is 2.21. The van der Waals surface area contributed by atoms with E-state index in [1.165, 1.54) is 109 Å². The molecular formula is C22H37N. The average Bonchev–Trinajstić information content (AvgIpc) is 2.97. The lowest BCUT2D eigenvalue weighted by atomic mass is 9.83. The number of H-pyrrole nitrogens is 1. The molecule has 1 aromatic rings. The van der Waals surface area contributed by atoms with E-state index >= 15 is 0 Å². The molecule has 0 radical (unpaired) electrons. The summed E-state index contributed by atoms with van der Waals surface area (Å²) in [7, 11) is 0. The summed E-state index contributed by atoms with van der Waals surface area (Å²) < 4.78 is 0. The molecule has 0 spiro atoms. The summed E-state index contributed by atoms with van der Waals surface area (Å²) in [6.07, 6.45) is 26.7. The van der Waals surface area contributed by atoms with Crippen LogP contribution in [0.4, 0.5) is 0 Å². The molecule has 0 aromatic carbocycles. The number of hydrogen-bond donors (Lipinski definition) is 1. The minimum absolute atomic E-state index is 0.852. The van der Waals surface area contributed by atoms with E-state index in [2.05, 4.69) is 11.2 Å². The van der Waals surface area contributed by atoms with Crippen LogP contribution >= 0.6 is 0 Å². The molecule has 1 unspecified atom stereocenters. The second-order valence-electron chi connectivity index (χ2n) is 8.08. The Morgan fingerprint density at radius 1 is 0.609 bits per heavy atom. The summed E-state index contributed by atoms with van der Waals surface area (Å²) in [6, 6.07) is 0. The molecule has 0 bridgehead atoms. The first-order valence-electron chi connectivity index (χ1n) is 10.6. The highest BCUT2D eigenvalue weighted by atomic mass is 14.7. The standard InChI is InChI=1S/C22H37N/c1-2-4-7-12-16-20-18-23-21-17-13-9-5-8-11-15-19(22(20)21)14-10-6-3-1/h18-19,23H,1-17H2. The van der Waals surface area contributed by atoms with Crippen molar-refractivity contribution in [1.82, 2.24) is 4.98 Å². The van der Waals surface area contributed by atoms with E-state index in [0.717, 1.165) is 5.92 Å². The highest BCUT2D eigenvalue weighted by molar-refractivity contribution is 5.35. The van der Waals surface area contributed by atoms with Crippen LogP contribution in [-0.4, -0.2) is 4.98 Å². The van der Waals surface area contributed by atoms with Gasteiger partial charge >= 0.3 is 0 Å². The minimum Gasteiger partial charge on any atom is -0.364 e.